The Labute approximate surface area is 227 Å². The van der Waals surface area contributed by atoms with Crippen molar-refractivity contribution in [2.75, 3.05) is 25.0 Å². The van der Waals surface area contributed by atoms with Crippen LogP contribution in [-0.4, -0.2) is 58.0 Å². The highest BCUT2D eigenvalue weighted by atomic mass is 16.4. The summed E-state index contributed by atoms with van der Waals surface area (Å²) in [5.41, 5.74) is 5.60. The first-order valence-corrected chi connectivity index (χ1v) is 13.4. The van der Waals surface area contributed by atoms with Crippen molar-refractivity contribution in [3.05, 3.63) is 94.5 Å². The van der Waals surface area contributed by atoms with Gasteiger partial charge < -0.3 is 15.3 Å². The molecule has 39 heavy (non-hydrogen) atoms. The van der Waals surface area contributed by atoms with Gasteiger partial charge in [0.1, 0.15) is 5.92 Å². The Balaban J connectivity index is 1.29. The van der Waals surface area contributed by atoms with Gasteiger partial charge in [0.2, 0.25) is 11.8 Å². The minimum Gasteiger partial charge on any atom is -0.478 e. The van der Waals surface area contributed by atoms with Crippen LogP contribution in [-0.2, 0) is 22.7 Å². The lowest BCUT2D eigenvalue weighted by atomic mass is 9.90. The van der Waals surface area contributed by atoms with E-state index in [1.165, 1.54) is 18.6 Å². The molecule has 1 atom stereocenters. The zero-order chi connectivity index (χ0) is 26.9. The van der Waals surface area contributed by atoms with Crippen LogP contribution in [0.3, 0.4) is 0 Å². The van der Waals surface area contributed by atoms with Crippen molar-refractivity contribution in [3.63, 3.8) is 0 Å². The summed E-state index contributed by atoms with van der Waals surface area (Å²) >= 11 is 0. The van der Waals surface area contributed by atoms with E-state index in [9.17, 15) is 19.5 Å². The Morgan fingerprint density at radius 1 is 0.897 bits per heavy atom. The van der Waals surface area contributed by atoms with Crippen molar-refractivity contribution >= 4 is 34.9 Å². The SMILES string of the molecule is O=C(O)c1ccc2c(c1)NC(=O)C2C(=Nc1ccc2c(c1)CN(C(=O)CN1CCCCC1)C2)c1ccccc1. The third-order valence-corrected chi connectivity index (χ3v) is 7.80. The molecule has 3 aliphatic heterocycles. The number of amides is 2. The van der Waals surface area contributed by atoms with Crippen LogP contribution < -0.4 is 5.32 Å². The van der Waals surface area contributed by atoms with Gasteiger partial charge >= 0.3 is 5.97 Å². The molecule has 8 heteroatoms. The highest BCUT2D eigenvalue weighted by Gasteiger charge is 2.36. The summed E-state index contributed by atoms with van der Waals surface area (Å²) in [6, 6.07) is 20.2. The lowest BCUT2D eigenvalue weighted by Crippen LogP contribution is -2.40. The number of carboxylic acid groups (broad SMARTS) is 1. The number of carbonyl (C=O) groups is 3. The van der Waals surface area contributed by atoms with E-state index in [1.807, 2.05) is 53.4 Å². The fourth-order valence-electron chi connectivity index (χ4n) is 5.75. The number of hydrogen-bond acceptors (Lipinski definition) is 5. The molecule has 8 nitrogen and oxygen atoms in total. The molecule has 2 N–H and O–H groups in total. The minimum absolute atomic E-state index is 0.117. The van der Waals surface area contributed by atoms with Gasteiger partial charge in [0.15, 0.2) is 0 Å². The molecular formula is C31H30N4O4. The third kappa shape index (κ3) is 5.07. The van der Waals surface area contributed by atoms with Crippen LogP contribution in [0.4, 0.5) is 11.4 Å². The fourth-order valence-corrected chi connectivity index (χ4v) is 5.75. The molecule has 6 rings (SSSR count). The van der Waals surface area contributed by atoms with Crippen LogP contribution in [0.5, 0.6) is 0 Å². The second kappa shape index (κ2) is 10.5. The molecule has 198 valence electrons. The summed E-state index contributed by atoms with van der Waals surface area (Å²) in [7, 11) is 0. The number of benzene rings is 3. The average Bonchev–Trinajstić information content (AvgIpc) is 3.52. The van der Waals surface area contributed by atoms with Crippen molar-refractivity contribution in [2.24, 2.45) is 4.99 Å². The minimum atomic E-state index is -1.05. The van der Waals surface area contributed by atoms with Gasteiger partial charge in [-0.3, -0.25) is 19.5 Å². The maximum atomic E-state index is 13.2. The van der Waals surface area contributed by atoms with Crippen LogP contribution >= 0.6 is 0 Å². The number of carboxylic acids is 1. The largest absolute Gasteiger partial charge is 0.478 e. The van der Waals surface area contributed by atoms with E-state index in [1.54, 1.807) is 6.07 Å². The number of piperidine rings is 1. The Morgan fingerprint density at radius 2 is 1.67 bits per heavy atom. The van der Waals surface area contributed by atoms with Crippen LogP contribution in [0.25, 0.3) is 0 Å². The van der Waals surface area contributed by atoms with Crippen LogP contribution in [0.15, 0.2) is 71.7 Å². The number of hydrogen-bond donors (Lipinski definition) is 2. The monoisotopic (exact) mass is 522 g/mol. The van der Waals surface area contributed by atoms with Gasteiger partial charge in [-0.2, -0.15) is 0 Å². The molecule has 0 spiro atoms. The highest BCUT2D eigenvalue weighted by molar-refractivity contribution is 6.24. The van der Waals surface area contributed by atoms with Crippen molar-refractivity contribution < 1.29 is 19.5 Å². The topological polar surface area (TPSA) is 102 Å². The van der Waals surface area contributed by atoms with Gasteiger partial charge in [-0.1, -0.05) is 48.9 Å². The predicted molar refractivity (Wildman–Crippen MR) is 148 cm³/mol. The van der Waals surface area contributed by atoms with Gasteiger partial charge in [0.25, 0.3) is 0 Å². The van der Waals surface area contributed by atoms with Gasteiger partial charge in [0.05, 0.1) is 23.5 Å². The molecule has 0 aliphatic carbocycles. The second-order valence-corrected chi connectivity index (χ2v) is 10.4. The molecule has 0 aromatic heterocycles. The summed E-state index contributed by atoms with van der Waals surface area (Å²) in [6.45, 7) is 3.60. The van der Waals surface area contributed by atoms with E-state index in [0.29, 0.717) is 42.3 Å². The molecule has 3 aromatic carbocycles. The highest BCUT2D eigenvalue weighted by Crippen LogP contribution is 2.37. The van der Waals surface area contributed by atoms with E-state index >= 15 is 0 Å². The molecule has 1 unspecified atom stereocenters. The Bertz CT molecular complexity index is 1480. The summed E-state index contributed by atoms with van der Waals surface area (Å²) in [5.74, 6) is -1.82. The first-order valence-electron chi connectivity index (χ1n) is 13.4. The Hall–Kier alpha value is -4.30. The summed E-state index contributed by atoms with van der Waals surface area (Å²) in [6.07, 6.45) is 3.55. The van der Waals surface area contributed by atoms with Crippen molar-refractivity contribution in [1.82, 2.24) is 9.80 Å². The maximum Gasteiger partial charge on any atom is 0.335 e. The number of aliphatic imine (C=N–C) groups is 1. The summed E-state index contributed by atoms with van der Waals surface area (Å²) in [4.78, 5) is 46.8. The molecule has 2 amide bonds. The predicted octanol–water partition coefficient (Wildman–Crippen LogP) is 4.57. The molecule has 1 fully saturated rings. The van der Waals surface area contributed by atoms with Crippen molar-refractivity contribution in [1.29, 1.82) is 0 Å². The number of carbonyl (C=O) groups excluding carboxylic acids is 2. The lowest BCUT2D eigenvalue weighted by Gasteiger charge is -2.27. The van der Waals surface area contributed by atoms with E-state index < -0.39 is 11.9 Å². The molecular weight excluding hydrogens is 492 g/mol. The first-order chi connectivity index (χ1) is 19.0. The number of fused-ring (bicyclic) bond motifs is 2. The first kappa shape index (κ1) is 25.0. The number of nitrogens with one attached hydrogen (secondary N) is 1. The normalized spacial score (nSPS) is 19.0. The van der Waals surface area contributed by atoms with Crippen molar-refractivity contribution in [2.45, 2.75) is 38.3 Å². The Morgan fingerprint density at radius 3 is 2.44 bits per heavy atom. The standard InChI is InChI=1S/C31H30N4O4/c36-27(19-34-13-5-2-6-14-34)35-17-22-9-11-24(15-23(22)18-35)32-29(20-7-3-1-4-8-20)28-25-12-10-21(31(38)39)16-26(25)33-30(28)37/h1,3-4,7-12,15-16,28H,2,5-6,13-14,17-19H2,(H,33,37)(H,38,39). The van der Waals surface area contributed by atoms with Crippen LogP contribution in [0.1, 0.15) is 57.8 Å². The molecule has 0 saturated carbocycles. The second-order valence-electron chi connectivity index (χ2n) is 10.4. The number of aromatic carboxylic acids is 1. The number of anilines is 1. The number of nitrogens with zero attached hydrogens (tertiary/aromatic N) is 3. The molecule has 0 bridgehead atoms. The van der Waals surface area contributed by atoms with Crippen LogP contribution in [0, 0.1) is 0 Å². The molecule has 1 saturated heterocycles. The molecule has 3 aliphatic rings. The van der Waals surface area contributed by atoms with E-state index in [4.69, 9.17) is 4.99 Å². The Kier molecular flexibility index (Phi) is 6.70. The van der Waals surface area contributed by atoms with E-state index in [-0.39, 0.29) is 17.4 Å². The third-order valence-electron chi connectivity index (χ3n) is 7.80. The van der Waals surface area contributed by atoms with Gasteiger partial charge in [-0.15, -0.1) is 0 Å². The lowest BCUT2D eigenvalue weighted by molar-refractivity contribution is -0.133. The number of rotatable bonds is 6. The van der Waals surface area contributed by atoms with Gasteiger partial charge in [-0.05, 0) is 72.5 Å². The zero-order valence-electron chi connectivity index (χ0n) is 21.6. The molecule has 3 heterocycles. The average molecular weight is 523 g/mol. The summed E-state index contributed by atoms with van der Waals surface area (Å²) < 4.78 is 0. The fraction of sp³-hybridized carbons (Fsp3) is 0.290. The van der Waals surface area contributed by atoms with Crippen LogP contribution in [0.2, 0.25) is 0 Å². The van der Waals surface area contributed by atoms with E-state index in [0.717, 1.165) is 42.6 Å². The smallest absolute Gasteiger partial charge is 0.335 e. The molecule has 3 aromatic rings. The van der Waals surface area contributed by atoms with Crippen molar-refractivity contribution in [3.8, 4) is 0 Å². The van der Waals surface area contributed by atoms with E-state index in [2.05, 4.69) is 10.2 Å². The molecule has 0 radical (unpaired) electrons. The maximum absolute atomic E-state index is 13.2. The van der Waals surface area contributed by atoms with Gasteiger partial charge in [0, 0.05) is 18.8 Å². The van der Waals surface area contributed by atoms with Gasteiger partial charge in [-0.25, -0.2) is 4.79 Å². The summed E-state index contributed by atoms with van der Waals surface area (Å²) in [5, 5.41) is 12.2. The quantitative estimate of drug-likeness (QED) is 0.462. The number of likely N-dealkylation sites (tertiary alicyclic amines) is 1. The zero-order valence-corrected chi connectivity index (χ0v) is 21.6.